The van der Waals surface area contributed by atoms with Crippen LogP contribution >= 0.6 is 0 Å². The first kappa shape index (κ1) is 21.0. The minimum absolute atomic E-state index is 0.239. The van der Waals surface area contributed by atoms with E-state index in [2.05, 4.69) is 10.1 Å². The highest BCUT2D eigenvalue weighted by Gasteiger charge is 2.40. The Labute approximate surface area is 149 Å². The van der Waals surface area contributed by atoms with Gasteiger partial charge in [-0.15, -0.1) is 0 Å². The first-order valence-electron chi connectivity index (χ1n) is 8.59. The van der Waals surface area contributed by atoms with E-state index in [4.69, 9.17) is 4.74 Å². The molecule has 1 fully saturated rings. The van der Waals surface area contributed by atoms with Gasteiger partial charge < -0.3 is 14.8 Å². The van der Waals surface area contributed by atoms with Crippen LogP contribution in [-0.2, 0) is 19.1 Å². The van der Waals surface area contributed by atoms with Crippen molar-refractivity contribution in [1.82, 2.24) is 10.2 Å². The van der Waals surface area contributed by atoms with Crippen molar-refractivity contribution in [1.29, 1.82) is 0 Å². The number of hydrogen-bond acceptors (Lipinski definition) is 5. The van der Waals surface area contributed by atoms with Crippen molar-refractivity contribution in [3.05, 3.63) is 12.2 Å². The van der Waals surface area contributed by atoms with Crippen LogP contribution in [0.1, 0.15) is 47.5 Å². The smallest absolute Gasteiger partial charge is 0.410 e. The second-order valence-corrected chi connectivity index (χ2v) is 7.61. The number of hydrogen-bond donors (Lipinski definition) is 1. The molecule has 25 heavy (non-hydrogen) atoms. The van der Waals surface area contributed by atoms with Crippen LogP contribution in [0, 0.1) is 5.92 Å². The summed E-state index contributed by atoms with van der Waals surface area (Å²) in [7, 11) is 1.30. The Morgan fingerprint density at radius 3 is 2.36 bits per heavy atom. The molecule has 1 heterocycles. The lowest BCUT2D eigenvalue weighted by atomic mass is 10.00. The van der Waals surface area contributed by atoms with Crippen molar-refractivity contribution in [2.75, 3.05) is 13.7 Å². The van der Waals surface area contributed by atoms with Crippen molar-refractivity contribution in [3.8, 4) is 0 Å². The highest BCUT2D eigenvalue weighted by Crippen LogP contribution is 2.22. The number of carbonyl (C=O) groups is 3. The van der Waals surface area contributed by atoms with Crippen LogP contribution in [0.25, 0.3) is 0 Å². The Morgan fingerprint density at radius 2 is 1.92 bits per heavy atom. The van der Waals surface area contributed by atoms with E-state index >= 15 is 0 Å². The van der Waals surface area contributed by atoms with Crippen LogP contribution in [0.3, 0.4) is 0 Å². The Bertz CT molecular complexity index is 522. The predicted octanol–water partition coefficient (Wildman–Crippen LogP) is 2.26. The molecule has 2 atom stereocenters. The Kier molecular flexibility index (Phi) is 7.45. The number of amides is 2. The van der Waals surface area contributed by atoms with Crippen molar-refractivity contribution in [3.63, 3.8) is 0 Å². The monoisotopic (exact) mass is 354 g/mol. The zero-order chi connectivity index (χ0) is 19.2. The fourth-order valence-corrected chi connectivity index (χ4v) is 2.43. The summed E-state index contributed by atoms with van der Waals surface area (Å²) < 4.78 is 9.89. The number of rotatable bonds is 6. The van der Waals surface area contributed by atoms with Crippen LogP contribution < -0.4 is 5.32 Å². The molecular weight excluding hydrogens is 324 g/mol. The number of carbonyl (C=O) groups excluding carboxylic acids is 3. The summed E-state index contributed by atoms with van der Waals surface area (Å²) in [5.41, 5.74) is -0.600. The minimum atomic E-state index is -0.600. The largest absolute Gasteiger partial charge is 0.466 e. The zero-order valence-electron chi connectivity index (χ0n) is 16.0. The summed E-state index contributed by atoms with van der Waals surface area (Å²) in [6, 6.07) is -0.830. The quantitative estimate of drug-likeness (QED) is 0.584. The first-order valence-corrected chi connectivity index (χ1v) is 8.59. The molecule has 0 aromatic carbocycles. The number of methoxy groups -OCH3 is 1. The van der Waals surface area contributed by atoms with Gasteiger partial charge in [0, 0.05) is 18.7 Å². The van der Waals surface area contributed by atoms with E-state index in [-0.39, 0.29) is 11.9 Å². The summed E-state index contributed by atoms with van der Waals surface area (Å²) in [5, 5.41) is 2.89. The number of ether oxygens (including phenoxy) is 2. The maximum absolute atomic E-state index is 12.5. The topological polar surface area (TPSA) is 84.9 Å². The van der Waals surface area contributed by atoms with Gasteiger partial charge in [0.2, 0.25) is 5.91 Å². The SMILES string of the molecule is COC(=O)C=C[C@H](CC(C)C)NC(=O)[C@@H]1CCN1C(=O)OC(C)(C)C. The third-order valence-corrected chi connectivity index (χ3v) is 3.67. The van der Waals surface area contributed by atoms with Crippen LogP contribution in [0.5, 0.6) is 0 Å². The lowest BCUT2D eigenvalue weighted by Crippen LogP contribution is -2.60. The maximum atomic E-state index is 12.5. The lowest BCUT2D eigenvalue weighted by Gasteiger charge is -2.40. The normalized spacial score (nSPS) is 18.7. The van der Waals surface area contributed by atoms with Gasteiger partial charge in [-0.25, -0.2) is 9.59 Å². The van der Waals surface area contributed by atoms with E-state index < -0.39 is 23.7 Å². The molecule has 0 aliphatic carbocycles. The van der Waals surface area contributed by atoms with E-state index in [0.29, 0.717) is 25.3 Å². The molecule has 0 bridgehead atoms. The molecule has 0 unspecified atom stereocenters. The predicted molar refractivity (Wildman–Crippen MR) is 93.9 cm³/mol. The molecule has 0 saturated carbocycles. The summed E-state index contributed by atoms with van der Waals surface area (Å²) in [6.07, 6.45) is 3.72. The number of nitrogens with one attached hydrogen (secondary N) is 1. The van der Waals surface area contributed by atoms with E-state index in [0.717, 1.165) is 0 Å². The molecule has 7 nitrogen and oxygen atoms in total. The molecule has 142 valence electrons. The molecule has 7 heteroatoms. The first-order chi connectivity index (χ1) is 11.5. The second kappa shape index (κ2) is 8.87. The average Bonchev–Trinajstić information content (AvgIpc) is 2.40. The summed E-state index contributed by atoms with van der Waals surface area (Å²) in [6.45, 7) is 9.92. The van der Waals surface area contributed by atoms with Crippen LogP contribution in [-0.4, -0.2) is 54.2 Å². The van der Waals surface area contributed by atoms with Gasteiger partial charge in [-0.1, -0.05) is 19.9 Å². The van der Waals surface area contributed by atoms with Gasteiger partial charge in [0.25, 0.3) is 0 Å². The van der Waals surface area contributed by atoms with Crippen LogP contribution in [0.2, 0.25) is 0 Å². The molecule has 1 N–H and O–H groups in total. The summed E-state index contributed by atoms with van der Waals surface area (Å²) in [4.78, 5) is 37.3. The van der Waals surface area contributed by atoms with E-state index in [1.807, 2.05) is 13.8 Å². The van der Waals surface area contributed by atoms with Gasteiger partial charge in [0.05, 0.1) is 7.11 Å². The molecule has 1 aliphatic rings. The number of nitrogens with zero attached hydrogens (tertiary/aromatic N) is 1. The maximum Gasteiger partial charge on any atom is 0.410 e. The average molecular weight is 354 g/mol. The van der Waals surface area contributed by atoms with Crippen molar-refractivity contribution in [2.24, 2.45) is 5.92 Å². The van der Waals surface area contributed by atoms with Crippen molar-refractivity contribution < 1.29 is 23.9 Å². The van der Waals surface area contributed by atoms with Crippen molar-refractivity contribution >= 4 is 18.0 Å². The molecule has 0 aromatic rings. The molecule has 1 saturated heterocycles. The van der Waals surface area contributed by atoms with Gasteiger partial charge in [0.15, 0.2) is 0 Å². The molecule has 1 rings (SSSR count). The summed E-state index contributed by atoms with van der Waals surface area (Å²) in [5.74, 6) is -0.379. The highest BCUT2D eigenvalue weighted by molar-refractivity contribution is 5.88. The van der Waals surface area contributed by atoms with E-state index in [1.54, 1.807) is 26.8 Å². The molecule has 0 spiro atoms. The van der Waals surface area contributed by atoms with E-state index in [1.165, 1.54) is 18.1 Å². The van der Waals surface area contributed by atoms with Gasteiger partial charge in [-0.3, -0.25) is 9.69 Å². The standard InChI is InChI=1S/C18H30N2O5/c1-12(2)11-13(7-8-15(21)24-6)19-16(22)14-9-10-20(14)17(23)25-18(3,4)5/h7-8,12-14H,9-11H2,1-6H3,(H,19,22)/t13-,14+/m1/s1. The van der Waals surface area contributed by atoms with Gasteiger partial charge in [0.1, 0.15) is 11.6 Å². The Balaban J connectivity index is 2.68. The Morgan fingerprint density at radius 1 is 1.28 bits per heavy atom. The molecule has 2 amide bonds. The molecule has 0 aromatic heterocycles. The van der Waals surface area contributed by atoms with Crippen LogP contribution in [0.4, 0.5) is 4.79 Å². The number of esters is 1. The lowest BCUT2D eigenvalue weighted by molar-refractivity contribution is -0.135. The van der Waals surface area contributed by atoms with Gasteiger partial charge in [-0.2, -0.15) is 0 Å². The second-order valence-electron chi connectivity index (χ2n) is 7.61. The number of likely N-dealkylation sites (tertiary alicyclic amines) is 1. The molecular formula is C18H30N2O5. The Hall–Kier alpha value is -2.05. The van der Waals surface area contributed by atoms with Crippen molar-refractivity contribution in [2.45, 2.75) is 65.1 Å². The molecule has 0 radical (unpaired) electrons. The zero-order valence-corrected chi connectivity index (χ0v) is 16.0. The third-order valence-electron chi connectivity index (χ3n) is 3.67. The minimum Gasteiger partial charge on any atom is -0.466 e. The molecule has 1 aliphatic heterocycles. The fraction of sp³-hybridized carbons (Fsp3) is 0.722. The van der Waals surface area contributed by atoms with Gasteiger partial charge >= 0.3 is 12.1 Å². The highest BCUT2D eigenvalue weighted by atomic mass is 16.6. The third kappa shape index (κ3) is 7.15. The van der Waals surface area contributed by atoms with E-state index in [9.17, 15) is 14.4 Å². The fourth-order valence-electron chi connectivity index (χ4n) is 2.43. The van der Waals surface area contributed by atoms with Gasteiger partial charge in [-0.05, 0) is 39.5 Å². The van der Waals surface area contributed by atoms with Crippen LogP contribution in [0.15, 0.2) is 12.2 Å². The summed E-state index contributed by atoms with van der Waals surface area (Å²) >= 11 is 0.